The maximum atomic E-state index is 14.4. The number of nitrogens with zero attached hydrogens (tertiary/aromatic N) is 1. The molecular weight excluding hydrogens is 747 g/mol. The Balaban J connectivity index is 1.25. The van der Waals surface area contributed by atoms with Gasteiger partial charge in [0.15, 0.2) is 45.6 Å². The van der Waals surface area contributed by atoms with Crippen molar-refractivity contribution in [1.82, 2.24) is 4.98 Å². The normalized spacial score (nSPS) is 29.7. The SMILES string of the molecule is C/C=C/C=C/C=C/C(=O)O[C@@H]1C=CC[C@H]2C(=NCC[NH+]3CCS(=O)(=O)CC3)c3c(O)c4c5c(c3O[C@H]12)OCO[C@@H]5C[C@@H]1C(=O)c2cc(C)[nH]c(=O)c2C(=O)[C@]41O. The third-order valence-electron chi connectivity index (χ3n) is 11.5. The molecule has 56 heavy (non-hydrogen) atoms. The van der Waals surface area contributed by atoms with Gasteiger partial charge in [0.1, 0.15) is 11.9 Å². The molecule has 15 nitrogen and oxygen atoms in total. The molecular formula is C40H42N3O12S+. The molecule has 4 heterocycles. The van der Waals surface area contributed by atoms with Gasteiger partial charge in [0.2, 0.25) is 5.78 Å². The van der Waals surface area contributed by atoms with Gasteiger partial charge in [-0.15, -0.1) is 0 Å². The number of esters is 1. The van der Waals surface area contributed by atoms with E-state index in [0.717, 1.165) is 4.90 Å². The molecule has 0 unspecified atom stereocenters. The van der Waals surface area contributed by atoms with Gasteiger partial charge in [-0.3, -0.25) is 19.4 Å². The minimum Gasteiger partial charge on any atom is -0.507 e. The molecule has 1 saturated heterocycles. The van der Waals surface area contributed by atoms with E-state index < -0.39 is 80.0 Å². The third kappa shape index (κ3) is 6.24. The molecule has 294 valence electrons. The lowest BCUT2D eigenvalue weighted by molar-refractivity contribution is -0.895. The number of phenolic OH excluding ortho intramolecular Hbond substituents is 1. The van der Waals surface area contributed by atoms with Crippen LogP contribution in [0.4, 0.5) is 0 Å². The number of sulfone groups is 1. The number of aromatic amines is 1. The summed E-state index contributed by atoms with van der Waals surface area (Å²) in [4.78, 5) is 63.3. The molecule has 8 rings (SSSR count). The lowest BCUT2D eigenvalue weighted by Crippen LogP contribution is -3.14. The van der Waals surface area contributed by atoms with Crippen molar-refractivity contribution >= 4 is 33.1 Å². The van der Waals surface area contributed by atoms with Gasteiger partial charge in [0.25, 0.3) is 5.56 Å². The second kappa shape index (κ2) is 14.4. The van der Waals surface area contributed by atoms with Crippen LogP contribution in [0.1, 0.15) is 69.0 Å². The van der Waals surface area contributed by atoms with Crippen molar-refractivity contribution in [2.45, 2.75) is 50.6 Å². The van der Waals surface area contributed by atoms with E-state index in [1.807, 2.05) is 25.2 Å². The standard InChI is InChI=1S/C40H41N3O12S/c1-3-4-5-6-7-11-27(44)54-25-10-8-9-22-32(41-12-13-43-14-16-56(50,51)17-15-43)30-34(46)31-29-26(52-20-53-36(29)37(30)55-35(22)25)19-24-33(45)23-18-21(2)42-39(48)28(23)38(47)40(24,31)49/h3-8,10-11,18,22,24-26,35,46,49H,9,12-17,19-20H2,1-2H3,(H,42,48)/p+1/b4-3+,6-5+,11-7+,41-32?/t22-,24+,25+,26+,35-,40+/m0/s1. The van der Waals surface area contributed by atoms with E-state index in [2.05, 4.69) is 4.98 Å². The second-order valence-electron chi connectivity index (χ2n) is 14.8. The molecule has 1 fully saturated rings. The summed E-state index contributed by atoms with van der Waals surface area (Å²) in [5, 5.41) is 25.1. The summed E-state index contributed by atoms with van der Waals surface area (Å²) in [5.74, 6) is -4.68. The first-order chi connectivity index (χ1) is 26.8. The van der Waals surface area contributed by atoms with Crippen LogP contribution in [-0.2, 0) is 29.7 Å². The number of carbonyl (C=O) groups excluding carboxylic acids is 3. The minimum atomic E-state index is -3.10. The Morgan fingerprint density at radius 2 is 1.89 bits per heavy atom. The number of aryl methyl sites for hydroxylation is 1. The van der Waals surface area contributed by atoms with Gasteiger partial charge in [0, 0.05) is 34.4 Å². The number of pyridine rings is 1. The number of nitrogens with one attached hydrogen (secondary N) is 2. The Labute approximate surface area is 321 Å². The maximum Gasteiger partial charge on any atom is 0.331 e. The van der Waals surface area contributed by atoms with Crippen LogP contribution in [0.15, 0.2) is 64.5 Å². The number of rotatable bonds is 7. The summed E-state index contributed by atoms with van der Waals surface area (Å²) in [6, 6.07) is 1.41. The molecule has 0 saturated carbocycles. The van der Waals surface area contributed by atoms with Crippen LogP contribution in [0.2, 0.25) is 0 Å². The first-order valence-electron chi connectivity index (χ1n) is 18.7. The van der Waals surface area contributed by atoms with E-state index in [1.54, 1.807) is 31.2 Å². The van der Waals surface area contributed by atoms with Gasteiger partial charge in [-0.1, -0.05) is 36.5 Å². The summed E-state index contributed by atoms with van der Waals surface area (Å²) in [5.41, 5.74) is -3.63. The number of hydrogen-bond acceptors (Lipinski definition) is 13. The van der Waals surface area contributed by atoms with E-state index in [4.69, 9.17) is 23.9 Å². The molecule has 1 aromatic carbocycles. The molecule has 0 radical (unpaired) electrons. The molecule has 0 spiro atoms. The van der Waals surface area contributed by atoms with E-state index in [-0.39, 0.29) is 65.0 Å². The number of allylic oxidation sites excluding steroid dienone is 6. The number of ether oxygens (including phenoxy) is 4. The predicted molar refractivity (Wildman–Crippen MR) is 200 cm³/mol. The number of aliphatic imine (C=N–C) groups is 1. The number of phenols is 1. The fourth-order valence-electron chi connectivity index (χ4n) is 8.78. The van der Waals surface area contributed by atoms with Crippen molar-refractivity contribution in [3.05, 3.63) is 98.5 Å². The van der Waals surface area contributed by atoms with Crippen molar-refractivity contribution in [2.75, 3.05) is 44.5 Å². The third-order valence-corrected chi connectivity index (χ3v) is 13.1. The number of aromatic nitrogens is 1. The molecule has 4 N–H and O–H groups in total. The smallest absolute Gasteiger partial charge is 0.331 e. The van der Waals surface area contributed by atoms with Crippen LogP contribution in [0.3, 0.4) is 0 Å². The van der Waals surface area contributed by atoms with E-state index in [0.29, 0.717) is 37.5 Å². The summed E-state index contributed by atoms with van der Waals surface area (Å²) in [6.07, 6.45) is 11.0. The van der Waals surface area contributed by atoms with E-state index >= 15 is 0 Å². The van der Waals surface area contributed by atoms with Gasteiger partial charge in [-0.2, -0.15) is 0 Å². The largest absolute Gasteiger partial charge is 0.507 e. The van der Waals surface area contributed by atoms with Crippen molar-refractivity contribution < 1.29 is 56.9 Å². The van der Waals surface area contributed by atoms with Crippen LogP contribution in [0.5, 0.6) is 17.2 Å². The second-order valence-corrected chi connectivity index (χ2v) is 17.2. The van der Waals surface area contributed by atoms with E-state index in [1.165, 1.54) is 12.1 Å². The highest BCUT2D eigenvalue weighted by molar-refractivity contribution is 7.91. The zero-order chi connectivity index (χ0) is 39.5. The first-order valence-corrected chi connectivity index (χ1v) is 20.5. The topological polar surface area (TPSA) is 212 Å². The summed E-state index contributed by atoms with van der Waals surface area (Å²) < 4.78 is 48.7. The van der Waals surface area contributed by atoms with Crippen molar-refractivity contribution in [3.8, 4) is 17.2 Å². The van der Waals surface area contributed by atoms with Crippen LogP contribution in [0.25, 0.3) is 0 Å². The van der Waals surface area contributed by atoms with Gasteiger partial charge >= 0.3 is 5.97 Å². The predicted octanol–water partition coefficient (Wildman–Crippen LogP) is 1.12. The Morgan fingerprint density at radius 1 is 1.12 bits per heavy atom. The zero-order valence-electron chi connectivity index (χ0n) is 30.8. The minimum absolute atomic E-state index is 0.0317. The molecule has 16 heteroatoms. The maximum absolute atomic E-state index is 14.4. The Bertz CT molecular complexity index is 2340. The summed E-state index contributed by atoms with van der Waals surface area (Å²) in [7, 11) is -3.10. The monoisotopic (exact) mass is 788 g/mol. The highest BCUT2D eigenvalue weighted by atomic mass is 32.2. The number of carbonyl (C=O) groups is 3. The fraction of sp³-hybridized carbons (Fsp3) is 0.425. The number of quaternary nitrogens is 1. The van der Waals surface area contributed by atoms with Gasteiger partial charge in [0.05, 0.1) is 66.5 Å². The molecule has 3 aliphatic heterocycles. The van der Waals surface area contributed by atoms with Crippen LogP contribution >= 0.6 is 0 Å². The van der Waals surface area contributed by atoms with Gasteiger partial charge in [-0.25, -0.2) is 13.2 Å². The summed E-state index contributed by atoms with van der Waals surface area (Å²) >= 11 is 0. The molecule has 2 aromatic rings. The Hall–Kier alpha value is -5.16. The summed E-state index contributed by atoms with van der Waals surface area (Å²) in [6.45, 7) is 4.67. The Morgan fingerprint density at radius 3 is 2.66 bits per heavy atom. The first kappa shape index (κ1) is 37.7. The zero-order valence-corrected chi connectivity index (χ0v) is 31.6. The Kier molecular flexibility index (Phi) is 9.71. The molecule has 1 aromatic heterocycles. The quantitative estimate of drug-likeness (QED) is 0.135. The lowest BCUT2D eigenvalue weighted by atomic mass is 9.60. The number of H-pyrrole nitrogens is 1. The molecule has 0 amide bonds. The number of benzene rings is 1. The molecule has 3 aliphatic carbocycles. The van der Waals surface area contributed by atoms with Crippen LogP contribution < -0.4 is 19.9 Å². The highest BCUT2D eigenvalue weighted by Crippen LogP contribution is 2.62. The van der Waals surface area contributed by atoms with Crippen LogP contribution in [0, 0.1) is 18.8 Å². The number of fused-ring (bicyclic) bond motifs is 6. The van der Waals surface area contributed by atoms with Crippen molar-refractivity contribution in [2.24, 2.45) is 16.8 Å². The number of Topliss-reactive ketones (excluding diaryl/α,β-unsaturated/α-hetero) is 2. The number of aliphatic hydroxyl groups is 1. The highest BCUT2D eigenvalue weighted by Gasteiger charge is 2.63. The lowest BCUT2D eigenvalue weighted by Gasteiger charge is -2.48. The van der Waals surface area contributed by atoms with Crippen molar-refractivity contribution in [1.29, 1.82) is 0 Å². The molecule has 6 atom stereocenters. The van der Waals surface area contributed by atoms with E-state index in [9.17, 15) is 37.8 Å². The number of aromatic hydroxyl groups is 1. The molecule has 0 bridgehead atoms. The average molecular weight is 789 g/mol. The fourth-order valence-corrected chi connectivity index (χ4v) is 10.2. The van der Waals surface area contributed by atoms with Crippen molar-refractivity contribution in [3.63, 3.8) is 0 Å². The van der Waals surface area contributed by atoms with Crippen LogP contribution in [-0.4, -0.2) is 104 Å². The van der Waals surface area contributed by atoms with Gasteiger partial charge in [-0.05, 0) is 38.8 Å². The number of ketones is 2. The average Bonchev–Trinajstić information content (AvgIpc) is 3.16. The van der Waals surface area contributed by atoms with Gasteiger partial charge < -0.3 is 39.0 Å². The number of hydrogen-bond donors (Lipinski definition) is 4. The molecule has 6 aliphatic rings.